The average molecular weight is 348 g/mol. The Morgan fingerprint density at radius 1 is 1.23 bits per heavy atom. The summed E-state index contributed by atoms with van der Waals surface area (Å²) in [6.07, 6.45) is 0.195. The van der Waals surface area contributed by atoms with Gasteiger partial charge in [0.05, 0.1) is 23.5 Å². The normalized spacial score (nSPS) is 16.0. The van der Waals surface area contributed by atoms with Crippen molar-refractivity contribution in [3.63, 3.8) is 0 Å². The number of hydrogen-bond donors (Lipinski definition) is 3. The van der Waals surface area contributed by atoms with Gasteiger partial charge in [-0.15, -0.1) is 0 Å². The lowest BCUT2D eigenvalue weighted by Crippen LogP contribution is -2.24. The Morgan fingerprint density at radius 2 is 2.04 bits per heavy atom. The predicted molar refractivity (Wildman–Crippen MR) is 100 cm³/mol. The lowest BCUT2D eigenvalue weighted by molar-refractivity contribution is -0.116. The maximum atomic E-state index is 12.4. The summed E-state index contributed by atoms with van der Waals surface area (Å²) in [5.41, 5.74) is 4.00. The van der Waals surface area contributed by atoms with Gasteiger partial charge in [0.25, 0.3) is 5.91 Å². The Kier molecular flexibility index (Phi) is 3.95. The van der Waals surface area contributed by atoms with E-state index in [2.05, 4.69) is 34.4 Å². The monoisotopic (exact) mass is 348 g/mol. The SMILES string of the molecule is CC(C)c1nc2ccc(NC(=O)CC3NC(=O)c4ccccc43)cc2[nH]1. The number of carbonyl (C=O) groups is 2. The van der Waals surface area contributed by atoms with Crippen LogP contribution in [0.25, 0.3) is 11.0 Å². The Balaban J connectivity index is 1.48. The number of benzene rings is 2. The first-order chi connectivity index (χ1) is 12.5. The molecule has 3 aromatic rings. The van der Waals surface area contributed by atoms with Crippen LogP contribution in [0.3, 0.4) is 0 Å². The molecule has 0 radical (unpaired) electrons. The fraction of sp³-hybridized carbons (Fsp3) is 0.250. The Hall–Kier alpha value is -3.15. The van der Waals surface area contributed by atoms with Gasteiger partial charge in [0.15, 0.2) is 0 Å². The fourth-order valence-corrected chi connectivity index (χ4v) is 3.26. The molecule has 0 saturated carbocycles. The zero-order valence-corrected chi connectivity index (χ0v) is 14.7. The van der Waals surface area contributed by atoms with Crippen LogP contribution in [-0.4, -0.2) is 21.8 Å². The summed E-state index contributed by atoms with van der Waals surface area (Å²) in [6, 6.07) is 12.7. The maximum absolute atomic E-state index is 12.4. The number of carbonyl (C=O) groups excluding carboxylic acids is 2. The van der Waals surface area contributed by atoms with Gasteiger partial charge < -0.3 is 15.6 Å². The van der Waals surface area contributed by atoms with Crippen LogP contribution in [-0.2, 0) is 4.79 Å². The van der Waals surface area contributed by atoms with Gasteiger partial charge in [-0.1, -0.05) is 32.0 Å². The van der Waals surface area contributed by atoms with Crippen molar-refractivity contribution in [1.29, 1.82) is 0 Å². The minimum absolute atomic E-state index is 0.126. The summed E-state index contributed by atoms with van der Waals surface area (Å²) in [5, 5.41) is 5.77. The van der Waals surface area contributed by atoms with Gasteiger partial charge in [0.1, 0.15) is 5.82 Å². The van der Waals surface area contributed by atoms with E-state index in [1.165, 1.54) is 0 Å². The molecule has 0 bridgehead atoms. The van der Waals surface area contributed by atoms with Crippen LogP contribution in [0, 0.1) is 0 Å². The van der Waals surface area contributed by atoms with Crippen molar-refractivity contribution in [2.45, 2.75) is 32.2 Å². The summed E-state index contributed by atoms with van der Waals surface area (Å²) in [4.78, 5) is 32.2. The van der Waals surface area contributed by atoms with Gasteiger partial charge in [0.2, 0.25) is 5.91 Å². The van der Waals surface area contributed by atoms with Crippen LogP contribution in [0.15, 0.2) is 42.5 Å². The zero-order valence-electron chi connectivity index (χ0n) is 14.7. The molecule has 0 aliphatic carbocycles. The van der Waals surface area contributed by atoms with E-state index in [1.807, 2.05) is 36.4 Å². The molecule has 2 heterocycles. The molecule has 0 fully saturated rings. The molecule has 0 spiro atoms. The first-order valence-corrected chi connectivity index (χ1v) is 8.70. The highest BCUT2D eigenvalue weighted by Gasteiger charge is 2.29. The van der Waals surface area contributed by atoms with Crippen LogP contribution < -0.4 is 10.6 Å². The molecule has 132 valence electrons. The first kappa shape index (κ1) is 16.3. The number of H-pyrrole nitrogens is 1. The second-order valence-electron chi connectivity index (χ2n) is 6.87. The van der Waals surface area contributed by atoms with Crippen molar-refractivity contribution < 1.29 is 9.59 Å². The Morgan fingerprint density at radius 3 is 2.85 bits per heavy atom. The molecule has 2 amide bonds. The number of aromatic nitrogens is 2. The third-order valence-electron chi connectivity index (χ3n) is 4.61. The Labute approximate surface area is 151 Å². The number of nitrogens with zero attached hydrogens (tertiary/aromatic N) is 1. The highest BCUT2D eigenvalue weighted by atomic mass is 16.2. The molecule has 3 N–H and O–H groups in total. The van der Waals surface area contributed by atoms with Gasteiger partial charge in [-0.2, -0.15) is 0 Å². The van der Waals surface area contributed by atoms with Crippen LogP contribution in [0.1, 0.15) is 54.0 Å². The summed E-state index contributed by atoms with van der Waals surface area (Å²) in [7, 11) is 0. The van der Waals surface area contributed by atoms with E-state index in [0.29, 0.717) is 17.2 Å². The number of rotatable bonds is 4. The lowest BCUT2D eigenvalue weighted by atomic mass is 10.0. The van der Waals surface area contributed by atoms with E-state index in [-0.39, 0.29) is 24.3 Å². The fourth-order valence-electron chi connectivity index (χ4n) is 3.26. The molecule has 6 heteroatoms. The number of imidazole rings is 1. The third kappa shape index (κ3) is 2.94. The van der Waals surface area contributed by atoms with Crippen LogP contribution in [0.2, 0.25) is 0 Å². The quantitative estimate of drug-likeness (QED) is 0.674. The van der Waals surface area contributed by atoms with Crippen LogP contribution in [0.4, 0.5) is 5.69 Å². The highest BCUT2D eigenvalue weighted by molar-refractivity contribution is 6.00. The van der Waals surface area contributed by atoms with Crippen molar-refractivity contribution in [2.75, 3.05) is 5.32 Å². The molecular weight excluding hydrogens is 328 g/mol. The Bertz CT molecular complexity index is 1010. The summed E-state index contributed by atoms with van der Waals surface area (Å²) < 4.78 is 0. The number of hydrogen-bond acceptors (Lipinski definition) is 3. The molecule has 26 heavy (non-hydrogen) atoms. The molecule has 1 aliphatic heterocycles. The molecule has 0 saturated heterocycles. The molecule has 1 unspecified atom stereocenters. The molecule has 6 nitrogen and oxygen atoms in total. The molecule has 1 atom stereocenters. The maximum Gasteiger partial charge on any atom is 0.252 e. The van der Waals surface area contributed by atoms with Gasteiger partial charge >= 0.3 is 0 Å². The van der Waals surface area contributed by atoms with E-state index in [4.69, 9.17) is 0 Å². The number of fused-ring (bicyclic) bond motifs is 2. The third-order valence-corrected chi connectivity index (χ3v) is 4.61. The number of anilines is 1. The average Bonchev–Trinajstić information content (AvgIpc) is 3.17. The van der Waals surface area contributed by atoms with Gasteiger partial charge in [-0.05, 0) is 29.8 Å². The van der Waals surface area contributed by atoms with E-state index < -0.39 is 0 Å². The van der Waals surface area contributed by atoms with Crippen molar-refractivity contribution in [3.05, 3.63) is 59.4 Å². The lowest BCUT2D eigenvalue weighted by Gasteiger charge is -2.12. The highest BCUT2D eigenvalue weighted by Crippen LogP contribution is 2.28. The second-order valence-corrected chi connectivity index (χ2v) is 6.87. The summed E-state index contributed by atoms with van der Waals surface area (Å²) in [6.45, 7) is 4.16. The smallest absolute Gasteiger partial charge is 0.252 e. The molecule has 4 rings (SSSR count). The van der Waals surface area contributed by atoms with E-state index in [0.717, 1.165) is 22.4 Å². The molecule has 2 aromatic carbocycles. The van der Waals surface area contributed by atoms with Crippen molar-refractivity contribution in [1.82, 2.24) is 15.3 Å². The number of nitrogens with one attached hydrogen (secondary N) is 3. The summed E-state index contributed by atoms with van der Waals surface area (Å²) in [5.74, 6) is 0.966. The van der Waals surface area contributed by atoms with Crippen molar-refractivity contribution in [2.24, 2.45) is 0 Å². The predicted octanol–water partition coefficient (Wildman–Crippen LogP) is 3.50. The largest absolute Gasteiger partial charge is 0.345 e. The van der Waals surface area contributed by atoms with Crippen molar-refractivity contribution >= 4 is 28.5 Å². The van der Waals surface area contributed by atoms with E-state index >= 15 is 0 Å². The second kappa shape index (κ2) is 6.29. The standard InChI is InChI=1S/C20H20N4O2/c1-11(2)19-22-15-8-7-12(9-17(15)23-19)21-18(25)10-16-13-5-3-4-6-14(13)20(26)24-16/h3-9,11,16H,10H2,1-2H3,(H,21,25)(H,22,23)(H,24,26). The van der Waals surface area contributed by atoms with Crippen molar-refractivity contribution in [3.8, 4) is 0 Å². The minimum Gasteiger partial charge on any atom is -0.345 e. The molecule has 1 aromatic heterocycles. The number of aromatic amines is 1. The molecule has 1 aliphatic rings. The summed E-state index contributed by atoms with van der Waals surface area (Å²) >= 11 is 0. The minimum atomic E-state index is -0.290. The first-order valence-electron chi connectivity index (χ1n) is 8.70. The van der Waals surface area contributed by atoms with E-state index in [9.17, 15) is 9.59 Å². The van der Waals surface area contributed by atoms with Gasteiger partial charge in [0, 0.05) is 17.2 Å². The number of amides is 2. The van der Waals surface area contributed by atoms with Crippen LogP contribution >= 0.6 is 0 Å². The zero-order chi connectivity index (χ0) is 18.3. The molecular formula is C20H20N4O2. The van der Waals surface area contributed by atoms with Gasteiger partial charge in [-0.25, -0.2) is 4.98 Å². The van der Waals surface area contributed by atoms with E-state index in [1.54, 1.807) is 6.07 Å². The van der Waals surface area contributed by atoms with Gasteiger partial charge in [-0.3, -0.25) is 9.59 Å². The topological polar surface area (TPSA) is 86.9 Å². The van der Waals surface area contributed by atoms with Crippen LogP contribution in [0.5, 0.6) is 0 Å².